The van der Waals surface area contributed by atoms with Crippen LogP contribution in [0.1, 0.15) is 48.4 Å². The lowest BCUT2D eigenvalue weighted by Crippen LogP contribution is -2.31. The van der Waals surface area contributed by atoms with Gasteiger partial charge in [-0.3, -0.25) is 14.3 Å². The van der Waals surface area contributed by atoms with Crippen LogP contribution in [0.25, 0.3) is 0 Å². The zero-order chi connectivity index (χ0) is 21.7. The summed E-state index contributed by atoms with van der Waals surface area (Å²) in [6, 6.07) is 7.32. The number of carbonyl (C=O) groups is 3. The summed E-state index contributed by atoms with van der Waals surface area (Å²) in [5.74, 6) is -0.688. The van der Waals surface area contributed by atoms with Crippen LogP contribution in [-0.2, 0) is 33.8 Å². The summed E-state index contributed by atoms with van der Waals surface area (Å²) in [5, 5.41) is 9.79. The van der Waals surface area contributed by atoms with Crippen LogP contribution in [0.15, 0.2) is 29.2 Å². The van der Waals surface area contributed by atoms with Crippen molar-refractivity contribution in [3.8, 4) is 0 Å². The van der Waals surface area contributed by atoms with Crippen LogP contribution in [0, 0.1) is 0 Å². The third-order valence-corrected chi connectivity index (χ3v) is 5.95. The molecule has 1 aromatic heterocycles. The summed E-state index contributed by atoms with van der Waals surface area (Å²) >= 11 is 1.41. The van der Waals surface area contributed by atoms with E-state index in [0.29, 0.717) is 16.9 Å². The number of nitrogens with one attached hydrogen (secondary N) is 2. The van der Waals surface area contributed by atoms with Gasteiger partial charge >= 0.3 is 5.97 Å². The minimum Gasteiger partial charge on any atom is -0.465 e. The Kier molecular flexibility index (Phi) is 7.15. The van der Waals surface area contributed by atoms with Crippen molar-refractivity contribution in [1.29, 1.82) is 0 Å². The van der Waals surface area contributed by atoms with Crippen molar-refractivity contribution in [1.82, 2.24) is 15.1 Å². The highest BCUT2D eigenvalue weighted by Crippen LogP contribution is 2.26. The Balaban J connectivity index is 1.62. The average molecular weight is 431 g/mol. The molecule has 2 heterocycles. The van der Waals surface area contributed by atoms with Crippen molar-refractivity contribution in [2.45, 2.75) is 56.3 Å². The van der Waals surface area contributed by atoms with Crippen LogP contribution in [0.3, 0.4) is 0 Å². The molecule has 0 bridgehead atoms. The fourth-order valence-electron chi connectivity index (χ4n) is 3.40. The maximum atomic E-state index is 12.6. The predicted molar refractivity (Wildman–Crippen MR) is 114 cm³/mol. The summed E-state index contributed by atoms with van der Waals surface area (Å²) in [7, 11) is 1.35. The largest absolute Gasteiger partial charge is 0.465 e. The average Bonchev–Trinajstić information content (AvgIpc) is 3.10. The summed E-state index contributed by atoms with van der Waals surface area (Å²) in [5.41, 5.74) is 2.62. The van der Waals surface area contributed by atoms with Crippen molar-refractivity contribution in [3.05, 3.63) is 41.2 Å². The third kappa shape index (κ3) is 5.21. The number of ether oxygens (including phenoxy) is 1. The zero-order valence-corrected chi connectivity index (χ0v) is 18.2. The number of benzene rings is 1. The van der Waals surface area contributed by atoms with E-state index in [1.165, 1.54) is 25.8 Å². The number of amides is 2. The summed E-state index contributed by atoms with van der Waals surface area (Å²) in [6.45, 7) is 4.22. The topological polar surface area (TPSA) is 102 Å². The molecular weight excluding hydrogens is 404 g/mol. The first kappa shape index (κ1) is 21.9. The van der Waals surface area contributed by atoms with Gasteiger partial charge in [0.2, 0.25) is 11.8 Å². The Morgan fingerprint density at radius 1 is 1.23 bits per heavy atom. The van der Waals surface area contributed by atoms with Gasteiger partial charge in [-0.05, 0) is 50.5 Å². The normalized spacial score (nSPS) is 13.8. The first-order chi connectivity index (χ1) is 14.4. The van der Waals surface area contributed by atoms with Crippen LogP contribution >= 0.6 is 11.8 Å². The Labute approximate surface area is 179 Å². The number of thioether (sulfide) groups is 1. The van der Waals surface area contributed by atoms with Gasteiger partial charge < -0.3 is 15.4 Å². The Morgan fingerprint density at radius 3 is 2.63 bits per heavy atom. The second-order valence-corrected chi connectivity index (χ2v) is 8.54. The van der Waals surface area contributed by atoms with Gasteiger partial charge in [0.1, 0.15) is 5.56 Å². The number of aromatic nitrogens is 2. The van der Waals surface area contributed by atoms with Gasteiger partial charge in [0, 0.05) is 24.1 Å². The van der Waals surface area contributed by atoms with E-state index in [1.807, 2.05) is 23.7 Å². The van der Waals surface area contributed by atoms with Crippen molar-refractivity contribution >= 4 is 35.2 Å². The molecule has 2 aromatic rings. The standard InChI is InChI=1S/C21H26N4O4S/c1-13(30-16-9-7-15(8-10-16)23-14(2)26)20(27)22-12-17-19(21(28)29-3)18-6-4-5-11-25(18)24-17/h7-10,13H,4-6,11-12H2,1-3H3,(H,22,27)(H,23,26). The summed E-state index contributed by atoms with van der Waals surface area (Å²) < 4.78 is 6.79. The Bertz CT molecular complexity index is 939. The molecule has 0 saturated carbocycles. The fourth-order valence-corrected chi connectivity index (χ4v) is 4.29. The number of rotatable bonds is 7. The van der Waals surface area contributed by atoms with Crippen LogP contribution < -0.4 is 10.6 Å². The SMILES string of the molecule is COC(=O)c1c(CNC(=O)C(C)Sc2ccc(NC(C)=O)cc2)nn2c1CCCC2. The van der Waals surface area contributed by atoms with Gasteiger partial charge in [-0.2, -0.15) is 5.10 Å². The molecule has 1 aliphatic rings. The number of aryl methyl sites for hydroxylation is 1. The molecule has 1 aliphatic heterocycles. The lowest BCUT2D eigenvalue weighted by Gasteiger charge is -2.13. The monoisotopic (exact) mass is 430 g/mol. The molecule has 1 aromatic carbocycles. The van der Waals surface area contributed by atoms with E-state index in [9.17, 15) is 14.4 Å². The first-order valence-electron chi connectivity index (χ1n) is 9.88. The zero-order valence-electron chi connectivity index (χ0n) is 17.4. The number of hydrogen-bond donors (Lipinski definition) is 2. The lowest BCUT2D eigenvalue weighted by atomic mass is 10.0. The number of carbonyl (C=O) groups excluding carboxylic acids is 3. The molecule has 0 aliphatic carbocycles. The number of anilines is 1. The number of methoxy groups -OCH3 is 1. The molecule has 0 fully saturated rings. The fraction of sp³-hybridized carbons (Fsp3) is 0.429. The van der Waals surface area contributed by atoms with E-state index in [2.05, 4.69) is 15.7 Å². The molecule has 0 radical (unpaired) electrons. The molecule has 2 amide bonds. The van der Waals surface area contributed by atoms with Gasteiger partial charge in [0.15, 0.2) is 0 Å². The molecule has 2 N–H and O–H groups in total. The lowest BCUT2D eigenvalue weighted by molar-refractivity contribution is -0.120. The molecule has 1 unspecified atom stereocenters. The van der Waals surface area contributed by atoms with E-state index >= 15 is 0 Å². The predicted octanol–water partition coefficient (Wildman–Crippen LogP) is 2.76. The quantitative estimate of drug-likeness (QED) is 0.517. The molecule has 8 nitrogen and oxygen atoms in total. The van der Waals surface area contributed by atoms with Crippen LogP contribution in [0.4, 0.5) is 5.69 Å². The number of fused-ring (bicyclic) bond motifs is 1. The first-order valence-corrected chi connectivity index (χ1v) is 10.8. The van der Waals surface area contributed by atoms with Gasteiger partial charge in [-0.25, -0.2) is 4.79 Å². The third-order valence-electron chi connectivity index (χ3n) is 4.84. The molecule has 9 heteroatoms. The van der Waals surface area contributed by atoms with Gasteiger partial charge in [-0.1, -0.05) is 0 Å². The van der Waals surface area contributed by atoms with Crippen LogP contribution in [0.2, 0.25) is 0 Å². The summed E-state index contributed by atoms with van der Waals surface area (Å²) in [4.78, 5) is 36.9. The highest BCUT2D eigenvalue weighted by atomic mass is 32.2. The van der Waals surface area contributed by atoms with Gasteiger partial charge in [0.25, 0.3) is 0 Å². The van der Waals surface area contributed by atoms with Crippen LogP contribution in [0.5, 0.6) is 0 Å². The van der Waals surface area contributed by atoms with E-state index in [4.69, 9.17) is 4.74 Å². The molecule has 30 heavy (non-hydrogen) atoms. The van der Waals surface area contributed by atoms with Crippen molar-refractivity contribution in [3.63, 3.8) is 0 Å². The van der Waals surface area contributed by atoms with Gasteiger partial charge in [0.05, 0.1) is 30.3 Å². The van der Waals surface area contributed by atoms with Crippen molar-refractivity contribution < 1.29 is 19.1 Å². The second-order valence-electron chi connectivity index (χ2n) is 7.12. The minimum absolute atomic E-state index is 0.129. The maximum absolute atomic E-state index is 12.6. The molecule has 0 saturated heterocycles. The highest BCUT2D eigenvalue weighted by Gasteiger charge is 2.26. The molecule has 0 spiro atoms. The van der Waals surface area contributed by atoms with E-state index < -0.39 is 5.97 Å². The van der Waals surface area contributed by atoms with Gasteiger partial charge in [-0.15, -0.1) is 11.8 Å². The van der Waals surface area contributed by atoms with Crippen molar-refractivity contribution in [2.24, 2.45) is 0 Å². The maximum Gasteiger partial charge on any atom is 0.341 e. The smallest absolute Gasteiger partial charge is 0.341 e. The molecule has 1 atom stereocenters. The Morgan fingerprint density at radius 2 is 1.97 bits per heavy atom. The number of esters is 1. The minimum atomic E-state index is -0.413. The highest BCUT2D eigenvalue weighted by molar-refractivity contribution is 8.00. The number of nitrogens with zero attached hydrogens (tertiary/aromatic N) is 2. The molecular formula is C21H26N4O4S. The number of hydrogen-bond acceptors (Lipinski definition) is 6. The Hall–Kier alpha value is -2.81. The van der Waals surface area contributed by atoms with Crippen LogP contribution in [-0.4, -0.2) is 39.9 Å². The van der Waals surface area contributed by atoms with Crippen molar-refractivity contribution in [2.75, 3.05) is 12.4 Å². The molecule has 160 valence electrons. The van der Waals surface area contributed by atoms with E-state index in [0.717, 1.165) is 36.4 Å². The molecule has 3 rings (SSSR count). The second kappa shape index (κ2) is 9.80. The summed E-state index contributed by atoms with van der Waals surface area (Å²) in [6.07, 6.45) is 2.82. The van der Waals surface area contributed by atoms with E-state index in [1.54, 1.807) is 12.1 Å². The van der Waals surface area contributed by atoms with E-state index in [-0.39, 0.29) is 23.6 Å².